The summed E-state index contributed by atoms with van der Waals surface area (Å²) in [7, 11) is 0. The van der Waals surface area contributed by atoms with Crippen LogP contribution in [0.4, 0.5) is 0 Å². The van der Waals surface area contributed by atoms with E-state index in [-0.39, 0.29) is 11.5 Å². The number of benzene rings is 3. The minimum atomic E-state index is -1.39. The molecular weight excluding hydrogens is 276 g/mol. The lowest BCUT2D eigenvalue weighted by atomic mass is 9.84. The molecule has 0 spiro atoms. The highest BCUT2D eigenvalue weighted by Crippen LogP contribution is 2.52. The summed E-state index contributed by atoms with van der Waals surface area (Å²) in [6, 6.07) is 19.2. The zero-order valence-corrected chi connectivity index (χ0v) is 11.7. The minimum absolute atomic E-state index is 0.102. The summed E-state index contributed by atoms with van der Waals surface area (Å²) in [5, 5.41) is 31.2. The molecule has 3 nitrogen and oxygen atoms in total. The monoisotopic (exact) mass is 290 g/mol. The van der Waals surface area contributed by atoms with Crippen molar-refractivity contribution in [1.29, 1.82) is 0 Å². The van der Waals surface area contributed by atoms with Gasteiger partial charge in [0, 0.05) is 11.1 Å². The average molecular weight is 290 g/mol. The van der Waals surface area contributed by atoms with Gasteiger partial charge < -0.3 is 15.3 Å². The van der Waals surface area contributed by atoms with Crippen molar-refractivity contribution < 1.29 is 15.3 Å². The Hall–Kier alpha value is -2.78. The van der Waals surface area contributed by atoms with E-state index in [1.54, 1.807) is 36.4 Å². The number of hydrogen-bond donors (Lipinski definition) is 3. The van der Waals surface area contributed by atoms with Gasteiger partial charge in [-0.2, -0.15) is 0 Å². The van der Waals surface area contributed by atoms with Crippen molar-refractivity contribution >= 4 is 0 Å². The molecule has 0 saturated carbocycles. The zero-order chi connectivity index (χ0) is 15.3. The van der Waals surface area contributed by atoms with Crippen LogP contribution >= 0.6 is 0 Å². The maximum Gasteiger partial charge on any atom is 0.142 e. The lowest BCUT2D eigenvalue weighted by molar-refractivity contribution is 0.130. The van der Waals surface area contributed by atoms with Crippen molar-refractivity contribution in [3.8, 4) is 22.6 Å². The standard InChI is InChI=1S/C19H14O3/c20-13-6-8-15-16-9-7-14(21)11-18(16)19(22,17(15)10-13)12-4-2-1-3-5-12/h1-11,20-22H. The van der Waals surface area contributed by atoms with Crippen LogP contribution in [0.3, 0.4) is 0 Å². The van der Waals surface area contributed by atoms with Crippen molar-refractivity contribution in [1.82, 2.24) is 0 Å². The summed E-state index contributed by atoms with van der Waals surface area (Å²) in [5.74, 6) is 0.204. The number of aliphatic hydroxyl groups is 1. The highest BCUT2D eigenvalue weighted by atomic mass is 16.3. The van der Waals surface area contributed by atoms with E-state index >= 15 is 0 Å². The number of phenols is 2. The molecule has 0 atom stereocenters. The van der Waals surface area contributed by atoms with Crippen LogP contribution in [0.15, 0.2) is 66.7 Å². The number of fused-ring (bicyclic) bond motifs is 3. The molecule has 3 heteroatoms. The van der Waals surface area contributed by atoms with Crippen molar-refractivity contribution in [3.05, 3.63) is 83.4 Å². The Morgan fingerprint density at radius 2 is 1.14 bits per heavy atom. The number of phenolic OH excluding ortho intramolecular Hbond substituents is 2. The van der Waals surface area contributed by atoms with Crippen LogP contribution in [-0.2, 0) is 5.60 Å². The van der Waals surface area contributed by atoms with Crippen molar-refractivity contribution in [2.75, 3.05) is 0 Å². The van der Waals surface area contributed by atoms with E-state index < -0.39 is 5.60 Å². The second kappa shape index (κ2) is 4.36. The van der Waals surface area contributed by atoms with E-state index in [0.29, 0.717) is 16.7 Å². The summed E-state index contributed by atoms with van der Waals surface area (Å²) >= 11 is 0. The summed E-state index contributed by atoms with van der Waals surface area (Å²) in [5.41, 5.74) is 2.28. The Morgan fingerprint density at radius 3 is 1.64 bits per heavy atom. The van der Waals surface area contributed by atoms with E-state index in [9.17, 15) is 15.3 Å². The molecule has 1 aliphatic carbocycles. The van der Waals surface area contributed by atoms with Gasteiger partial charge in [-0.1, -0.05) is 42.5 Å². The first-order chi connectivity index (χ1) is 10.6. The van der Waals surface area contributed by atoms with Crippen LogP contribution in [0.5, 0.6) is 11.5 Å². The first-order valence-electron chi connectivity index (χ1n) is 7.06. The van der Waals surface area contributed by atoms with Crippen LogP contribution in [-0.4, -0.2) is 15.3 Å². The first kappa shape index (κ1) is 12.9. The summed E-state index contributed by atoms with van der Waals surface area (Å²) < 4.78 is 0. The Balaban J connectivity index is 2.11. The van der Waals surface area contributed by atoms with Gasteiger partial charge in [-0.05, 0) is 41.0 Å². The van der Waals surface area contributed by atoms with E-state index in [1.165, 1.54) is 0 Å². The molecule has 0 fully saturated rings. The van der Waals surface area contributed by atoms with E-state index in [2.05, 4.69) is 0 Å². The molecule has 4 rings (SSSR count). The van der Waals surface area contributed by atoms with Crippen LogP contribution in [0.1, 0.15) is 16.7 Å². The first-order valence-corrected chi connectivity index (χ1v) is 7.06. The fraction of sp³-hybridized carbons (Fsp3) is 0.0526. The van der Waals surface area contributed by atoms with E-state index in [0.717, 1.165) is 11.1 Å². The van der Waals surface area contributed by atoms with Gasteiger partial charge in [-0.3, -0.25) is 0 Å². The summed E-state index contributed by atoms with van der Waals surface area (Å²) in [4.78, 5) is 0. The molecule has 0 aliphatic heterocycles. The predicted octanol–water partition coefficient (Wildman–Crippen LogP) is 3.36. The molecular formula is C19H14O3. The molecule has 3 N–H and O–H groups in total. The third-order valence-corrected chi connectivity index (χ3v) is 4.27. The van der Waals surface area contributed by atoms with Crippen LogP contribution < -0.4 is 0 Å². The van der Waals surface area contributed by atoms with Crippen molar-refractivity contribution in [2.24, 2.45) is 0 Å². The SMILES string of the molecule is Oc1ccc2c(c1)C(O)(c1ccccc1)c1cc(O)ccc1-2. The van der Waals surface area contributed by atoms with Gasteiger partial charge in [-0.15, -0.1) is 0 Å². The zero-order valence-electron chi connectivity index (χ0n) is 11.7. The molecule has 3 aromatic carbocycles. The lowest BCUT2D eigenvalue weighted by Gasteiger charge is -2.26. The lowest BCUT2D eigenvalue weighted by Crippen LogP contribution is -2.26. The van der Waals surface area contributed by atoms with Crippen molar-refractivity contribution in [3.63, 3.8) is 0 Å². The van der Waals surface area contributed by atoms with E-state index in [1.807, 2.05) is 30.3 Å². The minimum Gasteiger partial charge on any atom is -0.508 e. The second-order valence-electron chi connectivity index (χ2n) is 5.54. The topological polar surface area (TPSA) is 60.7 Å². The largest absolute Gasteiger partial charge is 0.508 e. The number of hydrogen-bond acceptors (Lipinski definition) is 3. The highest BCUT2D eigenvalue weighted by molar-refractivity contribution is 5.83. The van der Waals surface area contributed by atoms with Gasteiger partial charge in [-0.25, -0.2) is 0 Å². The summed E-state index contributed by atoms with van der Waals surface area (Å²) in [6.07, 6.45) is 0. The van der Waals surface area contributed by atoms with E-state index in [4.69, 9.17) is 0 Å². The summed E-state index contributed by atoms with van der Waals surface area (Å²) in [6.45, 7) is 0. The normalized spacial score (nSPS) is 14.4. The van der Waals surface area contributed by atoms with Gasteiger partial charge >= 0.3 is 0 Å². The van der Waals surface area contributed by atoms with Crippen molar-refractivity contribution in [2.45, 2.75) is 5.60 Å². The highest BCUT2D eigenvalue weighted by Gasteiger charge is 2.43. The molecule has 0 heterocycles. The molecule has 0 saturated heterocycles. The quantitative estimate of drug-likeness (QED) is 0.644. The smallest absolute Gasteiger partial charge is 0.142 e. The maximum atomic E-state index is 11.5. The average Bonchev–Trinajstić information content (AvgIpc) is 2.78. The molecule has 1 aliphatic rings. The Kier molecular flexibility index (Phi) is 2.56. The van der Waals surface area contributed by atoms with Gasteiger partial charge in [0.05, 0.1) is 0 Å². The molecule has 108 valence electrons. The Morgan fingerprint density at radius 1 is 0.636 bits per heavy atom. The molecule has 22 heavy (non-hydrogen) atoms. The second-order valence-corrected chi connectivity index (χ2v) is 5.54. The number of aromatic hydroxyl groups is 2. The number of rotatable bonds is 1. The third-order valence-electron chi connectivity index (χ3n) is 4.27. The Bertz CT molecular complexity index is 818. The fourth-order valence-corrected chi connectivity index (χ4v) is 3.27. The molecule has 0 aromatic heterocycles. The van der Waals surface area contributed by atoms with Gasteiger partial charge in [0.2, 0.25) is 0 Å². The molecule has 0 amide bonds. The third kappa shape index (κ3) is 1.60. The van der Waals surface area contributed by atoms with Gasteiger partial charge in [0.25, 0.3) is 0 Å². The molecule has 0 unspecified atom stereocenters. The molecule has 0 bridgehead atoms. The predicted molar refractivity (Wildman–Crippen MR) is 83.8 cm³/mol. The van der Waals surface area contributed by atoms with Crippen LogP contribution in [0.2, 0.25) is 0 Å². The Labute approximate surface area is 127 Å². The fourth-order valence-electron chi connectivity index (χ4n) is 3.27. The maximum absolute atomic E-state index is 11.5. The van der Waals surface area contributed by atoms with Crippen LogP contribution in [0, 0.1) is 0 Å². The van der Waals surface area contributed by atoms with Gasteiger partial charge in [0.1, 0.15) is 17.1 Å². The molecule has 3 aromatic rings. The van der Waals surface area contributed by atoms with Crippen LogP contribution in [0.25, 0.3) is 11.1 Å². The van der Waals surface area contributed by atoms with Gasteiger partial charge in [0.15, 0.2) is 0 Å². The molecule has 0 radical (unpaired) electrons.